The summed E-state index contributed by atoms with van der Waals surface area (Å²) in [6.07, 6.45) is 6.51. The van der Waals surface area contributed by atoms with Crippen molar-refractivity contribution in [1.29, 1.82) is 0 Å². The maximum atomic E-state index is 4.80. The van der Waals surface area contributed by atoms with E-state index in [1.807, 2.05) is 31.2 Å². The lowest BCUT2D eigenvalue weighted by molar-refractivity contribution is 0.768. The molecule has 0 spiro atoms. The summed E-state index contributed by atoms with van der Waals surface area (Å²) in [6, 6.07) is 0. The molecule has 17 heavy (non-hydrogen) atoms. The Morgan fingerprint density at radius 1 is 1.53 bits per heavy atom. The highest BCUT2D eigenvalue weighted by Crippen LogP contribution is 2.44. The highest BCUT2D eigenvalue weighted by atomic mass is 32.1. The van der Waals surface area contributed by atoms with Crippen molar-refractivity contribution in [3.8, 4) is 10.6 Å². The first-order valence-corrected chi connectivity index (χ1v) is 6.73. The first kappa shape index (κ1) is 10.9. The number of rotatable bonds is 4. The fourth-order valence-corrected chi connectivity index (χ4v) is 3.12. The van der Waals surface area contributed by atoms with Crippen molar-refractivity contribution < 1.29 is 0 Å². The number of hydrogen-bond acceptors (Lipinski definition) is 4. The molecule has 3 rings (SSSR count). The second-order valence-electron chi connectivity index (χ2n) is 4.53. The quantitative estimate of drug-likeness (QED) is 0.901. The van der Waals surface area contributed by atoms with Crippen LogP contribution >= 0.6 is 11.3 Å². The van der Waals surface area contributed by atoms with Crippen LogP contribution in [-0.4, -0.2) is 21.8 Å². The number of aromatic nitrogens is 3. The van der Waals surface area contributed by atoms with E-state index < -0.39 is 0 Å². The monoisotopic (exact) mass is 248 g/mol. The molecule has 4 nitrogen and oxygen atoms in total. The Morgan fingerprint density at radius 3 is 2.94 bits per heavy atom. The van der Waals surface area contributed by atoms with Crippen molar-refractivity contribution in [2.45, 2.75) is 25.3 Å². The molecule has 1 aliphatic carbocycles. The second kappa shape index (κ2) is 4.23. The van der Waals surface area contributed by atoms with E-state index in [0.717, 1.165) is 17.1 Å². The molecule has 0 aliphatic heterocycles. The molecule has 0 radical (unpaired) electrons. The zero-order chi connectivity index (χ0) is 11.8. The molecule has 0 atom stereocenters. The highest BCUT2D eigenvalue weighted by molar-refractivity contribution is 7.15. The van der Waals surface area contributed by atoms with Crippen molar-refractivity contribution in [2.24, 2.45) is 7.05 Å². The summed E-state index contributed by atoms with van der Waals surface area (Å²) in [5.41, 5.74) is 2.44. The molecule has 1 fully saturated rings. The molecule has 0 aromatic carbocycles. The summed E-state index contributed by atoms with van der Waals surface area (Å²) in [5, 5.41) is 8.53. The second-order valence-corrected chi connectivity index (χ2v) is 5.62. The molecule has 0 saturated heterocycles. The maximum absolute atomic E-state index is 4.80. The molecule has 90 valence electrons. The lowest BCUT2D eigenvalue weighted by Crippen LogP contribution is -2.05. The van der Waals surface area contributed by atoms with Gasteiger partial charge in [0, 0.05) is 36.1 Å². The fourth-order valence-electron chi connectivity index (χ4n) is 1.98. The van der Waals surface area contributed by atoms with Crippen LogP contribution in [0.2, 0.25) is 0 Å². The van der Waals surface area contributed by atoms with E-state index in [-0.39, 0.29) is 0 Å². The molecule has 1 saturated carbocycles. The lowest BCUT2D eigenvalue weighted by Gasteiger charge is -1.97. The molecular formula is C12H16N4S. The van der Waals surface area contributed by atoms with Gasteiger partial charge in [0.05, 0.1) is 11.9 Å². The van der Waals surface area contributed by atoms with E-state index in [2.05, 4.69) is 10.4 Å². The maximum Gasteiger partial charge on any atom is 0.127 e. The van der Waals surface area contributed by atoms with Crippen molar-refractivity contribution in [3.05, 3.63) is 23.0 Å². The minimum atomic E-state index is 0.708. The van der Waals surface area contributed by atoms with Gasteiger partial charge < -0.3 is 5.32 Å². The minimum absolute atomic E-state index is 0.708. The van der Waals surface area contributed by atoms with Gasteiger partial charge in [-0.15, -0.1) is 11.3 Å². The third kappa shape index (κ3) is 2.12. The standard InChI is InChI=1S/C12H16N4S/c1-13-6-10-11(8-3-4-8)15-12(17-10)9-5-14-16(2)7-9/h5,7-8,13H,3-4,6H2,1-2H3. The van der Waals surface area contributed by atoms with Crippen LogP contribution in [-0.2, 0) is 13.6 Å². The molecular weight excluding hydrogens is 232 g/mol. The average Bonchev–Trinajstić information content (AvgIpc) is 2.93. The topological polar surface area (TPSA) is 42.7 Å². The Morgan fingerprint density at radius 2 is 2.35 bits per heavy atom. The molecule has 2 heterocycles. The van der Waals surface area contributed by atoms with Crippen LogP contribution in [0.25, 0.3) is 10.6 Å². The Bertz CT molecular complexity index is 524. The normalized spacial score (nSPS) is 15.4. The number of nitrogens with zero attached hydrogens (tertiary/aromatic N) is 3. The molecule has 0 bridgehead atoms. The van der Waals surface area contributed by atoms with Gasteiger partial charge in [-0.3, -0.25) is 4.68 Å². The first-order valence-electron chi connectivity index (χ1n) is 5.91. The lowest BCUT2D eigenvalue weighted by atomic mass is 10.2. The molecule has 0 amide bonds. The smallest absolute Gasteiger partial charge is 0.127 e. The van der Waals surface area contributed by atoms with E-state index in [1.165, 1.54) is 23.4 Å². The molecule has 2 aromatic rings. The summed E-state index contributed by atoms with van der Waals surface area (Å²) in [6.45, 7) is 0.920. The molecule has 5 heteroatoms. The van der Waals surface area contributed by atoms with Gasteiger partial charge in [-0.25, -0.2) is 4.98 Å². The van der Waals surface area contributed by atoms with Crippen LogP contribution in [0.4, 0.5) is 0 Å². The zero-order valence-corrected chi connectivity index (χ0v) is 10.9. The van der Waals surface area contributed by atoms with Crippen LogP contribution in [0, 0.1) is 0 Å². The van der Waals surface area contributed by atoms with Crippen LogP contribution in [0.1, 0.15) is 29.3 Å². The third-order valence-corrected chi connectivity index (χ3v) is 4.10. The van der Waals surface area contributed by atoms with Crippen LogP contribution in [0.3, 0.4) is 0 Å². The van der Waals surface area contributed by atoms with Gasteiger partial charge in [-0.2, -0.15) is 5.10 Å². The van der Waals surface area contributed by atoms with E-state index >= 15 is 0 Å². The van der Waals surface area contributed by atoms with E-state index in [0.29, 0.717) is 5.92 Å². The predicted octanol–water partition coefficient (Wildman–Crippen LogP) is 2.14. The van der Waals surface area contributed by atoms with Gasteiger partial charge >= 0.3 is 0 Å². The Kier molecular flexibility index (Phi) is 2.72. The Labute approximate surface area is 105 Å². The molecule has 1 aliphatic rings. The average molecular weight is 248 g/mol. The van der Waals surface area contributed by atoms with Crippen LogP contribution in [0.5, 0.6) is 0 Å². The summed E-state index contributed by atoms with van der Waals surface area (Å²) in [5.74, 6) is 0.708. The predicted molar refractivity (Wildman–Crippen MR) is 69.1 cm³/mol. The van der Waals surface area contributed by atoms with E-state index in [9.17, 15) is 0 Å². The SMILES string of the molecule is CNCc1sc(-c2cnn(C)c2)nc1C1CC1. The van der Waals surface area contributed by atoms with Crippen molar-refractivity contribution >= 4 is 11.3 Å². The molecule has 1 N–H and O–H groups in total. The van der Waals surface area contributed by atoms with Crippen LogP contribution < -0.4 is 5.32 Å². The zero-order valence-electron chi connectivity index (χ0n) is 10.1. The molecule has 0 unspecified atom stereocenters. The minimum Gasteiger partial charge on any atom is -0.315 e. The largest absolute Gasteiger partial charge is 0.315 e. The Hall–Kier alpha value is -1.20. The van der Waals surface area contributed by atoms with Crippen molar-refractivity contribution in [2.75, 3.05) is 7.05 Å². The van der Waals surface area contributed by atoms with Gasteiger partial charge in [0.1, 0.15) is 5.01 Å². The third-order valence-electron chi connectivity index (χ3n) is 2.98. The summed E-state index contributed by atoms with van der Waals surface area (Å²) in [4.78, 5) is 6.18. The van der Waals surface area contributed by atoms with Crippen molar-refractivity contribution in [3.63, 3.8) is 0 Å². The fraction of sp³-hybridized carbons (Fsp3) is 0.500. The molecule has 2 aromatic heterocycles. The number of aryl methyl sites for hydroxylation is 1. The summed E-state index contributed by atoms with van der Waals surface area (Å²) < 4.78 is 1.82. The van der Waals surface area contributed by atoms with Gasteiger partial charge in [0.15, 0.2) is 0 Å². The van der Waals surface area contributed by atoms with Crippen molar-refractivity contribution in [1.82, 2.24) is 20.1 Å². The van der Waals surface area contributed by atoms with E-state index in [4.69, 9.17) is 4.98 Å². The van der Waals surface area contributed by atoms with Gasteiger partial charge in [-0.05, 0) is 19.9 Å². The first-order chi connectivity index (χ1) is 8.28. The van der Waals surface area contributed by atoms with E-state index in [1.54, 1.807) is 11.3 Å². The highest BCUT2D eigenvalue weighted by Gasteiger charge is 2.29. The number of thiazole rings is 1. The summed E-state index contributed by atoms with van der Waals surface area (Å²) >= 11 is 1.79. The van der Waals surface area contributed by atoms with Crippen LogP contribution in [0.15, 0.2) is 12.4 Å². The number of nitrogens with one attached hydrogen (secondary N) is 1. The Balaban J connectivity index is 1.97. The number of hydrogen-bond donors (Lipinski definition) is 1. The van der Waals surface area contributed by atoms with Gasteiger partial charge in [-0.1, -0.05) is 0 Å². The van der Waals surface area contributed by atoms with Gasteiger partial charge in [0.2, 0.25) is 0 Å². The summed E-state index contributed by atoms with van der Waals surface area (Å²) in [7, 11) is 3.92. The van der Waals surface area contributed by atoms with Gasteiger partial charge in [0.25, 0.3) is 0 Å².